The first-order valence-electron chi connectivity index (χ1n) is 7.26. The van der Waals surface area contributed by atoms with Crippen molar-refractivity contribution in [2.75, 3.05) is 6.54 Å². The van der Waals surface area contributed by atoms with Crippen LogP contribution >= 0.6 is 15.9 Å². The van der Waals surface area contributed by atoms with Crippen LogP contribution in [-0.2, 0) is 13.0 Å². The molecule has 2 aromatic rings. The Balaban J connectivity index is 2.27. The molecule has 0 radical (unpaired) electrons. The van der Waals surface area contributed by atoms with E-state index in [1.165, 1.54) is 5.69 Å². The van der Waals surface area contributed by atoms with Crippen LogP contribution in [0.1, 0.15) is 36.8 Å². The topological polar surface area (TPSA) is 29.9 Å². The summed E-state index contributed by atoms with van der Waals surface area (Å²) in [6.45, 7) is 7.82. The normalized spacial score (nSPS) is 12.6. The van der Waals surface area contributed by atoms with Crippen molar-refractivity contribution < 1.29 is 4.39 Å². The molecule has 21 heavy (non-hydrogen) atoms. The summed E-state index contributed by atoms with van der Waals surface area (Å²) in [6, 6.07) is 7.50. The molecule has 0 amide bonds. The molecule has 1 aromatic heterocycles. The summed E-state index contributed by atoms with van der Waals surface area (Å²) in [7, 11) is 0. The van der Waals surface area contributed by atoms with Crippen molar-refractivity contribution in [1.82, 2.24) is 15.1 Å². The number of likely N-dealkylation sites (N-methyl/N-ethyl adjacent to an activating group) is 1. The van der Waals surface area contributed by atoms with E-state index >= 15 is 0 Å². The Hall–Kier alpha value is -1.20. The van der Waals surface area contributed by atoms with Gasteiger partial charge >= 0.3 is 0 Å². The molecule has 1 heterocycles. The van der Waals surface area contributed by atoms with Gasteiger partial charge in [0.15, 0.2) is 0 Å². The molecule has 1 aromatic carbocycles. The van der Waals surface area contributed by atoms with E-state index in [-0.39, 0.29) is 11.9 Å². The number of aryl methyl sites for hydroxylation is 2. The standard InChI is InChI=1S/C16H21BrFN3/c1-4-19-16(12-6-7-14(17)15(18)9-12)10-13-8-11(3)20-21(13)5-2/h6-9,16,19H,4-5,10H2,1-3H3. The number of benzene rings is 1. The van der Waals surface area contributed by atoms with Gasteiger partial charge in [-0.25, -0.2) is 4.39 Å². The average molecular weight is 354 g/mol. The number of halogens is 2. The van der Waals surface area contributed by atoms with E-state index in [0.717, 1.165) is 30.8 Å². The van der Waals surface area contributed by atoms with Gasteiger partial charge in [0, 0.05) is 24.7 Å². The highest BCUT2D eigenvalue weighted by molar-refractivity contribution is 9.10. The fraction of sp³-hybridized carbons (Fsp3) is 0.438. The summed E-state index contributed by atoms with van der Waals surface area (Å²) in [4.78, 5) is 0. The molecule has 0 bridgehead atoms. The first kappa shape index (κ1) is 16.2. The molecule has 114 valence electrons. The van der Waals surface area contributed by atoms with Gasteiger partial charge in [0.25, 0.3) is 0 Å². The monoisotopic (exact) mass is 353 g/mol. The Bertz CT molecular complexity index is 610. The van der Waals surface area contributed by atoms with E-state index in [4.69, 9.17) is 0 Å². The Morgan fingerprint density at radius 1 is 1.33 bits per heavy atom. The van der Waals surface area contributed by atoms with Gasteiger partial charge in [0.1, 0.15) is 5.82 Å². The summed E-state index contributed by atoms with van der Waals surface area (Å²) in [6.07, 6.45) is 0.795. The predicted molar refractivity (Wildman–Crippen MR) is 86.9 cm³/mol. The van der Waals surface area contributed by atoms with Crippen molar-refractivity contribution in [3.05, 3.63) is 51.5 Å². The van der Waals surface area contributed by atoms with Crippen molar-refractivity contribution in [2.45, 2.75) is 39.8 Å². The minimum atomic E-state index is -0.226. The lowest BCUT2D eigenvalue weighted by molar-refractivity contribution is 0.512. The van der Waals surface area contributed by atoms with Gasteiger partial charge in [0.2, 0.25) is 0 Å². The summed E-state index contributed by atoms with van der Waals surface area (Å²) >= 11 is 3.20. The van der Waals surface area contributed by atoms with E-state index in [0.29, 0.717) is 4.47 Å². The van der Waals surface area contributed by atoms with Gasteiger partial charge in [-0.15, -0.1) is 0 Å². The maximum absolute atomic E-state index is 13.8. The van der Waals surface area contributed by atoms with Crippen LogP contribution in [0.25, 0.3) is 0 Å². The third-order valence-electron chi connectivity index (χ3n) is 3.49. The van der Waals surface area contributed by atoms with Crippen LogP contribution in [0.2, 0.25) is 0 Å². The molecule has 1 N–H and O–H groups in total. The van der Waals surface area contributed by atoms with Crippen LogP contribution in [0.15, 0.2) is 28.7 Å². The van der Waals surface area contributed by atoms with Crippen LogP contribution in [0, 0.1) is 12.7 Å². The van der Waals surface area contributed by atoms with E-state index in [1.54, 1.807) is 12.1 Å². The smallest absolute Gasteiger partial charge is 0.137 e. The van der Waals surface area contributed by atoms with Crippen molar-refractivity contribution >= 4 is 15.9 Å². The lowest BCUT2D eigenvalue weighted by atomic mass is 10.0. The molecule has 5 heteroatoms. The zero-order valence-corrected chi connectivity index (χ0v) is 14.2. The third-order valence-corrected chi connectivity index (χ3v) is 4.14. The minimum Gasteiger partial charge on any atom is -0.310 e. The van der Waals surface area contributed by atoms with Crippen LogP contribution in [0.3, 0.4) is 0 Å². The third kappa shape index (κ3) is 3.92. The summed E-state index contributed by atoms with van der Waals surface area (Å²) < 4.78 is 16.3. The Morgan fingerprint density at radius 2 is 2.10 bits per heavy atom. The quantitative estimate of drug-likeness (QED) is 0.850. The first-order valence-corrected chi connectivity index (χ1v) is 8.06. The number of hydrogen-bond donors (Lipinski definition) is 1. The van der Waals surface area contributed by atoms with E-state index < -0.39 is 0 Å². The van der Waals surface area contributed by atoms with Crippen molar-refractivity contribution in [1.29, 1.82) is 0 Å². The zero-order valence-electron chi connectivity index (χ0n) is 12.7. The highest BCUT2D eigenvalue weighted by atomic mass is 79.9. The van der Waals surface area contributed by atoms with Crippen LogP contribution < -0.4 is 5.32 Å². The molecule has 0 saturated heterocycles. The van der Waals surface area contributed by atoms with Gasteiger partial charge in [-0.05, 0) is 60.1 Å². The fourth-order valence-electron chi connectivity index (χ4n) is 2.53. The van der Waals surface area contributed by atoms with Gasteiger partial charge < -0.3 is 5.32 Å². The molecule has 1 unspecified atom stereocenters. The molecule has 3 nitrogen and oxygen atoms in total. The van der Waals surface area contributed by atoms with E-state index in [9.17, 15) is 4.39 Å². The molecule has 0 saturated carbocycles. The summed E-state index contributed by atoms with van der Waals surface area (Å²) in [5, 5.41) is 7.91. The second-order valence-corrected chi connectivity index (χ2v) is 5.94. The van der Waals surface area contributed by atoms with E-state index in [2.05, 4.69) is 46.3 Å². The number of hydrogen-bond acceptors (Lipinski definition) is 2. The molecule has 0 aliphatic rings. The number of nitrogens with one attached hydrogen (secondary N) is 1. The van der Waals surface area contributed by atoms with Crippen LogP contribution in [0.4, 0.5) is 4.39 Å². The van der Waals surface area contributed by atoms with Crippen molar-refractivity contribution in [3.8, 4) is 0 Å². The second-order valence-electron chi connectivity index (χ2n) is 5.08. The lowest BCUT2D eigenvalue weighted by Gasteiger charge is -2.19. The van der Waals surface area contributed by atoms with Crippen LogP contribution in [0.5, 0.6) is 0 Å². The average Bonchev–Trinajstić information content (AvgIpc) is 2.81. The molecular weight excluding hydrogens is 333 g/mol. The highest BCUT2D eigenvalue weighted by Crippen LogP contribution is 2.23. The largest absolute Gasteiger partial charge is 0.310 e. The number of rotatable bonds is 6. The van der Waals surface area contributed by atoms with Crippen molar-refractivity contribution in [2.24, 2.45) is 0 Å². The minimum absolute atomic E-state index is 0.0824. The summed E-state index contributed by atoms with van der Waals surface area (Å²) in [5.74, 6) is -0.226. The zero-order chi connectivity index (χ0) is 15.4. The molecule has 0 fully saturated rings. The van der Waals surface area contributed by atoms with Gasteiger partial charge in [-0.1, -0.05) is 13.0 Å². The fourth-order valence-corrected chi connectivity index (χ4v) is 2.78. The Morgan fingerprint density at radius 3 is 2.71 bits per heavy atom. The van der Waals surface area contributed by atoms with Crippen LogP contribution in [-0.4, -0.2) is 16.3 Å². The molecule has 0 aliphatic heterocycles. The molecule has 0 aliphatic carbocycles. The molecule has 2 rings (SSSR count). The SMILES string of the molecule is CCNC(Cc1cc(C)nn1CC)c1ccc(Br)c(F)c1. The number of aromatic nitrogens is 2. The maximum Gasteiger partial charge on any atom is 0.137 e. The molecule has 0 spiro atoms. The van der Waals surface area contributed by atoms with Gasteiger partial charge in [0.05, 0.1) is 10.2 Å². The first-order chi connectivity index (χ1) is 10.0. The Kier molecular flexibility index (Phi) is 5.53. The maximum atomic E-state index is 13.8. The lowest BCUT2D eigenvalue weighted by Crippen LogP contribution is -2.24. The number of nitrogens with zero attached hydrogens (tertiary/aromatic N) is 2. The van der Waals surface area contributed by atoms with Gasteiger partial charge in [-0.3, -0.25) is 4.68 Å². The highest BCUT2D eigenvalue weighted by Gasteiger charge is 2.16. The Labute approximate surface area is 133 Å². The van der Waals surface area contributed by atoms with Crippen molar-refractivity contribution in [3.63, 3.8) is 0 Å². The molecular formula is C16H21BrFN3. The second kappa shape index (κ2) is 7.18. The predicted octanol–water partition coefficient (Wildman–Crippen LogP) is 4.01. The van der Waals surface area contributed by atoms with E-state index in [1.807, 2.05) is 17.7 Å². The summed E-state index contributed by atoms with van der Waals surface area (Å²) in [5.41, 5.74) is 3.15. The molecule has 1 atom stereocenters. The van der Waals surface area contributed by atoms with Gasteiger partial charge in [-0.2, -0.15) is 5.10 Å².